The molecular formula is C17H12F2N4O. The Kier molecular flexibility index (Phi) is 3.34. The molecule has 0 saturated carbocycles. The van der Waals surface area contributed by atoms with Gasteiger partial charge in [-0.15, -0.1) is 0 Å². The van der Waals surface area contributed by atoms with Gasteiger partial charge in [0.15, 0.2) is 17.5 Å². The minimum absolute atomic E-state index is 0.117. The quantitative estimate of drug-likeness (QED) is 0.761. The number of hydrogen-bond acceptors (Lipinski definition) is 3. The first kappa shape index (κ1) is 14.5. The second-order valence-corrected chi connectivity index (χ2v) is 5.48. The Morgan fingerprint density at radius 2 is 1.96 bits per heavy atom. The highest BCUT2D eigenvalue weighted by molar-refractivity contribution is 5.97. The SMILES string of the molecule is O=C1NCCc2[nH]c(-c3ccnc(-c4ccc(F)c(F)c4)n3)cc21. The summed E-state index contributed by atoms with van der Waals surface area (Å²) in [5.74, 6) is -1.71. The first-order chi connectivity index (χ1) is 11.6. The number of carbonyl (C=O) groups excluding carboxylic acids is 1. The van der Waals surface area contributed by atoms with E-state index in [9.17, 15) is 13.6 Å². The van der Waals surface area contributed by atoms with Gasteiger partial charge in [-0.1, -0.05) is 0 Å². The van der Waals surface area contributed by atoms with E-state index < -0.39 is 11.6 Å². The van der Waals surface area contributed by atoms with Crippen LogP contribution in [0.15, 0.2) is 36.5 Å². The summed E-state index contributed by atoms with van der Waals surface area (Å²) >= 11 is 0. The van der Waals surface area contributed by atoms with Gasteiger partial charge in [0.05, 0.1) is 17.0 Å². The van der Waals surface area contributed by atoms with Crippen molar-refractivity contribution in [3.05, 3.63) is 59.4 Å². The summed E-state index contributed by atoms with van der Waals surface area (Å²) in [6, 6.07) is 6.95. The number of rotatable bonds is 2. The maximum Gasteiger partial charge on any atom is 0.253 e. The summed E-state index contributed by atoms with van der Waals surface area (Å²) < 4.78 is 26.5. The minimum Gasteiger partial charge on any atom is -0.356 e. The molecule has 24 heavy (non-hydrogen) atoms. The van der Waals surface area contributed by atoms with Crippen molar-refractivity contribution < 1.29 is 13.6 Å². The molecule has 0 bridgehead atoms. The Hall–Kier alpha value is -3.09. The molecule has 0 atom stereocenters. The lowest BCUT2D eigenvalue weighted by molar-refractivity contribution is 0.0946. The molecule has 0 aliphatic carbocycles. The molecule has 0 fully saturated rings. The molecule has 1 aliphatic heterocycles. The summed E-state index contributed by atoms with van der Waals surface area (Å²) in [7, 11) is 0. The third-order valence-corrected chi connectivity index (χ3v) is 3.91. The van der Waals surface area contributed by atoms with Gasteiger partial charge in [0.1, 0.15) is 0 Å². The molecular weight excluding hydrogens is 314 g/mol. The number of carbonyl (C=O) groups is 1. The topological polar surface area (TPSA) is 70.7 Å². The van der Waals surface area contributed by atoms with Gasteiger partial charge in [-0.05, 0) is 30.3 Å². The zero-order chi connectivity index (χ0) is 16.7. The average molecular weight is 326 g/mol. The van der Waals surface area contributed by atoms with Crippen LogP contribution < -0.4 is 5.32 Å². The summed E-state index contributed by atoms with van der Waals surface area (Å²) in [5.41, 5.74) is 3.10. The predicted octanol–water partition coefficient (Wildman–Crippen LogP) is 2.70. The zero-order valence-corrected chi connectivity index (χ0v) is 12.4. The van der Waals surface area contributed by atoms with Gasteiger partial charge in [-0.25, -0.2) is 18.7 Å². The number of amides is 1. The fraction of sp³-hybridized carbons (Fsp3) is 0.118. The number of aromatic nitrogens is 3. The van der Waals surface area contributed by atoms with E-state index >= 15 is 0 Å². The highest BCUT2D eigenvalue weighted by Crippen LogP contribution is 2.25. The van der Waals surface area contributed by atoms with Crippen LogP contribution in [0.5, 0.6) is 0 Å². The van der Waals surface area contributed by atoms with Crippen molar-refractivity contribution in [2.75, 3.05) is 6.54 Å². The van der Waals surface area contributed by atoms with Crippen LogP contribution in [0.4, 0.5) is 8.78 Å². The number of halogens is 2. The minimum atomic E-state index is -0.950. The number of hydrogen-bond donors (Lipinski definition) is 2. The van der Waals surface area contributed by atoms with Crippen molar-refractivity contribution >= 4 is 5.91 Å². The molecule has 7 heteroatoms. The molecule has 2 N–H and O–H groups in total. The number of benzene rings is 1. The number of H-pyrrole nitrogens is 1. The van der Waals surface area contributed by atoms with Crippen molar-refractivity contribution in [3.8, 4) is 22.8 Å². The van der Waals surface area contributed by atoms with Crippen molar-refractivity contribution in [1.82, 2.24) is 20.3 Å². The van der Waals surface area contributed by atoms with E-state index in [0.717, 1.165) is 24.2 Å². The summed E-state index contributed by atoms with van der Waals surface area (Å²) in [6.45, 7) is 0.593. The van der Waals surface area contributed by atoms with Crippen LogP contribution in [-0.4, -0.2) is 27.4 Å². The highest BCUT2D eigenvalue weighted by Gasteiger charge is 2.20. The monoisotopic (exact) mass is 326 g/mol. The lowest BCUT2D eigenvalue weighted by atomic mass is 10.1. The van der Waals surface area contributed by atoms with E-state index in [1.165, 1.54) is 6.07 Å². The zero-order valence-electron chi connectivity index (χ0n) is 12.4. The normalized spacial score (nSPS) is 13.5. The molecule has 4 rings (SSSR count). The van der Waals surface area contributed by atoms with Crippen LogP contribution in [0, 0.1) is 11.6 Å². The molecule has 0 spiro atoms. The van der Waals surface area contributed by atoms with Crippen LogP contribution in [-0.2, 0) is 6.42 Å². The fourth-order valence-electron chi connectivity index (χ4n) is 2.71. The van der Waals surface area contributed by atoms with Gasteiger partial charge in [0.25, 0.3) is 5.91 Å². The summed E-state index contributed by atoms with van der Waals surface area (Å²) in [4.78, 5) is 23.5. The van der Waals surface area contributed by atoms with Gasteiger partial charge >= 0.3 is 0 Å². The Labute approximate surface area is 135 Å². The fourth-order valence-corrected chi connectivity index (χ4v) is 2.71. The lowest BCUT2D eigenvalue weighted by Crippen LogP contribution is -2.31. The molecule has 120 valence electrons. The number of fused-ring (bicyclic) bond motifs is 1. The Morgan fingerprint density at radius 3 is 2.75 bits per heavy atom. The standard InChI is InChI=1S/C17H12F2N4O/c18-11-2-1-9(7-12(11)19)16-20-5-4-14(23-16)15-8-10-13(22-15)3-6-21-17(10)24/h1-2,4-5,7-8,22H,3,6H2,(H,21,24). The van der Waals surface area contributed by atoms with Crippen LogP contribution in [0.2, 0.25) is 0 Å². The average Bonchev–Trinajstić information content (AvgIpc) is 3.03. The molecule has 0 radical (unpaired) electrons. The molecule has 1 amide bonds. The van der Waals surface area contributed by atoms with E-state index in [2.05, 4.69) is 20.3 Å². The maximum atomic E-state index is 13.4. The maximum absolute atomic E-state index is 13.4. The van der Waals surface area contributed by atoms with Crippen molar-refractivity contribution in [3.63, 3.8) is 0 Å². The number of nitrogens with zero attached hydrogens (tertiary/aromatic N) is 2. The number of aromatic amines is 1. The van der Waals surface area contributed by atoms with Crippen molar-refractivity contribution in [2.45, 2.75) is 6.42 Å². The van der Waals surface area contributed by atoms with E-state index in [1.807, 2.05) is 0 Å². The van der Waals surface area contributed by atoms with Gasteiger partial charge in [0, 0.05) is 30.4 Å². The second kappa shape index (κ2) is 5.52. The van der Waals surface area contributed by atoms with Crippen LogP contribution in [0.3, 0.4) is 0 Å². The van der Waals surface area contributed by atoms with Gasteiger partial charge < -0.3 is 10.3 Å². The highest BCUT2D eigenvalue weighted by atomic mass is 19.2. The molecule has 2 aromatic heterocycles. The lowest BCUT2D eigenvalue weighted by Gasteiger charge is -2.10. The number of nitrogens with one attached hydrogen (secondary N) is 2. The Bertz CT molecular complexity index is 952. The molecule has 3 heterocycles. The third-order valence-electron chi connectivity index (χ3n) is 3.91. The molecule has 0 unspecified atom stereocenters. The van der Waals surface area contributed by atoms with E-state index in [0.29, 0.717) is 29.1 Å². The third kappa shape index (κ3) is 2.44. The van der Waals surface area contributed by atoms with Crippen LogP contribution in [0.1, 0.15) is 16.1 Å². The van der Waals surface area contributed by atoms with Gasteiger partial charge in [0.2, 0.25) is 0 Å². The van der Waals surface area contributed by atoms with Gasteiger partial charge in [-0.3, -0.25) is 4.79 Å². The van der Waals surface area contributed by atoms with Crippen molar-refractivity contribution in [2.24, 2.45) is 0 Å². The predicted molar refractivity (Wildman–Crippen MR) is 83.2 cm³/mol. The van der Waals surface area contributed by atoms with E-state index in [1.54, 1.807) is 18.3 Å². The van der Waals surface area contributed by atoms with Gasteiger partial charge in [-0.2, -0.15) is 0 Å². The largest absolute Gasteiger partial charge is 0.356 e. The molecule has 1 aromatic carbocycles. The second-order valence-electron chi connectivity index (χ2n) is 5.48. The summed E-state index contributed by atoms with van der Waals surface area (Å²) in [6.07, 6.45) is 2.26. The molecule has 5 nitrogen and oxygen atoms in total. The first-order valence-electron chi connectivity index (χ1n) is 7.41. The van der Waals surface area contributed by atoms with E-state index in [4.69, 9.17) is 0 Å². The summed E-state index contributed by atoms with van der Waals surface area (Å²) in [5, 5.41) is 2.78. The Morgan fingerprint density at radius 1 is 1.08 bits per heavy atom. The van der Waals surface area contributed by atoms with Crippen LogP contribution in [0.25, 0.3) is 22.8 Å². The smallest absolute Gasteiger partial charge is 0.253 e. The Balaban J connectivity index is 1.75. The first-order valence-corrected chi connectivity index (χ1v) is 7.41. The molecule has 1 aliphatic rings. The molecule has 0 saturated heterocycles. The van der Waals surface area contributed by atoms with Crippen LogP contribution >= 0.6 is 0 Å². The van der Waals surface area contributed by atoms with E-state index in [-0.39, 0.29) is 11.7 Å². The molecule has 3 aromatic rings. The van der Waals surface area contributed by atoms with Crippen molar-refractivity contribution in [1.29, 1.82) is 0 Å².